The molecular weight excluding hydrogens is 268 g/mol. The van der Waals surface area contributed by atoms with Crippen LogP contribution in [0.5, 0.6) is 0 Å². The maximum absolute atomic E-state index is 4.83. The van der Waals surface area contributed by atoms with E-state index in [9.17, 15) is 0 Å². The molecule has 0 unspecified atom stereocenters. The Balaban J connectivity index is 0.000000273. The molecule has 1 aromatic heterocycles. The SMILES string of the molecule is CC(C)(C)C.CC1CC1.Cc1ccccc1.Cc1ccco1. The zero-order chi connectivity index (χ0) is 17.0. The molecule has 22 heavy (non-hydrogen) atoms. The summed E-state index contributed by atoms with van der Waals surface area (Å²) < 4.78 is 4.83. The molecular formula is C21H34O. The minimum atomic E-state index is 0.500. The van der Waals surface area contributed by atoms with Gasteiger partial charge in [0.15, 0.2) is 0 Å². The molecule has 2 aromatic rings. The van der Waals surface area contributed by atoms with Gasteiger partial charge in [0.25, 0.3) is 0 Å². The van der Waals surface area contributed by atoms with Gasteiger partial charge in [-0.2, -0.15) is 0 Å². The fourth-order valence-corrected chi connectivity index (χ4v) is 1.06. The van der Waals surface area contributed by atoms with E-state index in [0.29, 0.717) is 5.41 Å². The highest BCUT2D eigenvalue weighted by atomic mass is 16.3. The summed E-state index contributed by atoms with van der Waals surface area (Å²) in [6.07, 6.45) is 4.63. The Kier molecular flexibility index (Phi) is 10.4. The molecule has 1 aliphatic carbocycles. The third-order valence-corrected chi connectivity index (χ3v) is 2.47. The van der Waals surface area contributed by atoms with Gasteiger partial charge in [-0.3, -0.25) is 0 Å². The van der Waals surface area contributed by atoms with E-state index in [4.69, 9.17) is 4.42 Å². The van der Waals surface area contributed by atoms with Crippen molar-refractivity contribution in [2.45, 2.75) is 61.3 Å². The van der Waals surface area contributed by atoms with Crippen LogP contribution in [0.15, 0.2) is 53.1 Å². The fraction of sp³-hybridized carbons (Fsp3) is 0.524. The summed E-state index contributed by atoms with van der Waals surface area (Å²) in [5, 5.41) is 0. The maximum Gasteiger partial charge on any atom is 0.100 e. The normalized spacial score (nSPS) is 12.7. The van der Waals surface area contributed by atoms with Crippen LogP contribution in [-0.4, -0.2) is 0 Å². The van der Waals surface area contributed by atoms with Crippen molar-refractivity contribution in [2.24, 2.45) is 11.3 Å². The zero-order valence-electron chi connectivity index (χ0n) is 15.5. The molecule has 0 radical (unpaired) electrons. The molecule has 1 saturated carbocycles. The van der Waals surface area contributed by atoms with Gasteiger partial charge in [-0.05, 0) is 37.3 Å². The Morgan fingerprint density at radius 3 is 1.45 bits per heavy atom. The minimum absolute atomic E-state index is 0.500. The number of hydrogen-bond donors (Lipinski definition) is 0. The van der Waals surface area contributed by atoms with Gasteiger partial charge in [0.05, 0.1) is 6.26 Å². The van der Waals surface area contributed by atoms with Gasteiger partial charge >= 0.3 is 0 Å². The number of furan rings is 1. The lowest BCUT2D eigenvalue weighted by Crippen LogP contribution is -1.93. The molecule has 0 atom stereocenters. The van der Waals surface area contributed by atoms with E-state index in [-0.39, 0.29) is 0 Å². The van der Waals surface area contributed by atoms with Crippen LogP contribution in [0.4, 0.5) is 0 Å². The highest BCUT2D eigenvalue weighted by molar-refractivity contribution is 5.11. The summed E-state index contributed by atoms with van der Waals surface area (Å²) in [5.74, 6) is 2.05. The summed E-state index contributed by atoms with van der Waals surface area (Å²) >= 11 is 0. The van der Waals surface area contributed by atoms with Crippen LogP contribution in [0.1, 0.15) is 58.8 Å². The van der Waals surface area contributed by atoms with Crippen molar-refractivity contribution >= 4 is 0 Å². The quantitative estimate of drug-likeness (QED) is 0.508. The van der Waals surface area contributed by atoms with Gasteiger partial charge in [-0.1, -0.05) is 83.4 Å². The highest BCUT2D eigenvalue weighted by Crippen LogP contribution is 2.26. The summed E-state index contributed by atoms with van der Waals surface area (Å²) in [5.41, 5.74) is 1.82. The van der Waals surface area contributed by atoms with E-state index in [1.165, 1.54) is 18.4 Å². The van der Waals surface area contributed by atoms with Crippen LogP contribution in [0, 0.1) is 25.2 Å². The molecule has 124 valence electrons. The molecule has 0 aliphatic heterocycles. The first kappa shape index (κ1) is 20.5. The van der Waals surface area contributed by atoms with Crippen molar-refractivity contribution in [1.29, 1.82) is 0 Å². The van der Waals surface area contributed by atoms with Crippen molar-refractivity contribution in [2.75, 3.05) is 0 Å². The Morgan fingerprint density at radius 1 is 0.864 bits per heavy atom. The molecule has 0 bridgehead atoms. The highest BCUT2D eigenvalue weighted by Gasteiger charge is 2.12. The van der Waals surface area contributed by atoms with Gasteiger partial charge < -0.3 is 4.42 Å². The van der Waals surface area contributed by atoms with Crippen molar-refractivity contribution in [3.05, 3.63) is 60.1 Å². The van der Waals surface area contributed by atoms with Crippen LogP contribution in [0.25, 0.3) is 0 Å². The Hall–Kier alpha value is -1.50. The van der Waals surface area contributed by atoms with E-state index < -0.39 is 0 Å². The number of rotatable bonds is 0. The molecule has 0 saturated heterocycles. The molecule has 1 nitrogen and oxygen atoms in total. The van der Waals surface area contributed by atoms with Gasteiger partial charge in [0.1, 0.15) is 5.76 Å². The second-order valence-electron chi connectivity index (χ2n) is 7.56. The number of hydrogen-bond acceptors (Lipinski definition) is 1. The van der Waals surface area contributed by atoms with E-state index in [2.05, 4.69) is 53.7 Å². The first-order valence-electron chi connectivity index (χ1n) is 8.20. The molecule has 0 spiro atoms. The van der Waals surface area contributed by atoms with E-state index in [1.807, 2.05) is 37.3 Å². The third kappa shape index (κ3) is 20.8. The van der Waals surface area contributed by atoms with Gasteiger partial charge in [0.2, 0.25) is 0 Å². The molecule has 0 N–H and O–H groups in total. The van der Waals surface area contributed by atoms with Crippen molar-refractivity contribution in [3.8, 4) is 0 Å². The molecule has 1 heteroatoms. The Morgan fingerprint density at radius 2 is 1.32 bits per heavy atom. The van der Waals surface area contributed by atoms with Gasteiger partial charge in [0, 0.05) is 0 Å². The maximum atomic E-state index is 4.83. The molecule has 1 aliphatic rings. The summed E-state index contributed by atoms with van der Waals surface area (Å²) in [6, 6.07) is 14.0. The lowest BCUT2D eigenvalue weighted by atomic mass is 10.0. The van der Waals surface area contributed by atoms with E-state index in [1.54, 1.807) is 6.26 Å². The van der Waals surface area contributed by atoms with Gasteiger partial charge in [-0.25, -0.2) is 0 Å². The van der Waals surface area contributed by atoms with Crippen molar-refractivity contribution < 1.29 is 4.42 Å². The number of benzene rings is 1. The fourth-order valence-electron chi connectivity index (χ4n) is 1.06. The summed E-state index contributed by atoms with van der Waals surface area (Å²) in [6.45, 7) is 15.0. The monoisotopic (exact) mass is 302 g/mol. The van der Waals surface area contributed by atoms with E-state index in [0.717, 1.165) is 11.7 Å². The van der Waals surface area contributed by atoms with Crippen LogP contribution in [0.3, 0.4) is 0 Å². The van der Waals surface area contributed by atoms with E-state index >= 15 is 0 Å². The third-order valence-electron chi connectivity index (χ3n) is 2.47. The van der Waals surface area contributed by atoms with Crippen LogP contribution in [0.2, 0.25) is 0 Å². The first-order chi connectivity index (χ1) is 10.2. The molecule has 1 heterocycles. The molecule has 1 aromatic carbocycles. The average molecular weight is 303 g/mol. The molecule has 3 rings (SSSR count). The lowest BCUT2D eigenvalue weighted by molar-refractivity contribution is 0.469. The first-order valence-corrected chi connectivity index (χ1v) is 8.20. The average Bonchev–Trinajstić information content (AvgIpc) is 3.02. The zero-order valence-corrected chi connectivity index (χ0v) is 15.5. The standard InChI is InChI=1S/C7H8.C5H6O.C5H12.C4H8/c1-7-5-3-2-4-6-7;1-5-3-2-4-6-5;1-5(2,3)4;1-4-2-3-4/h2-6H,1H3;2-4H,1H3;1-4H3;4H,2-3H2,1H3. The lowest BCUT2D eigenvalue weighted by Gasteiger charge is -2.05. The second-order valence-corrected chi connectivity index (χ2v) is 7.56. The second kappa shape index (κ2) is 11.1. The van der Waals surface area contributed by atoms with Crippen molar-refractivity contribution in [3.63, 3.8) is 0 Å². The van der Waals surface area contributed by atoms with Crippen LogP contribution in [-0.2, 0) is 0 Å². The summed E-state index contributed by atoms with van der Waals surface area (Å²) in [4.78, 5) is 0. The topological polar surface area (TPSA) is 13.1 Å². The van der Waals surface area contributed by atoms with Crippen LogP contribution >= 0.6 is 0 Å². The largest absolute Gasteiger partial charge is 0.470 e. The van der Waals surface area contributed by atoms with Gasteiger partial charge in [-0.15, -0.1) is 0 Å². The van der Waals surface area contributed by atoms with Crippen LogP contribution < -0.4 is 0 Å². The van der Waals surface area contributed by atoms with Crippen molar-refractivity contribution in [1.82, 2.24) is 0 Å². The minimum Gasteiger partial charge on any atom is -0.470 e. The number of aryl methyl sites for hydroxylation is 2. The smallest absolute Gasteiger partial charge is 0.100 e. The Labute approximate surface area is 137 Å². The molecule has 0 amide bonds. The Bertz CT molecular complexity index is 438. The summed E-state index contributed by atoms with van der Waals surface area (Å²) in [7, 11) is 0. The predicted molar refractivity (Wildman–Crippen MR) is 98.2 cm³/mol. The molecule has 1 fully saturated rings. The predicted octanol–water partition coefficient (Wildman–Crippen LogP) is 7.05.